The summed E-state index contributed by atoms with van der Waals surface area (Å²) in [6.07, 6.45) is 1.47. The zero-order chi connectivity index (χ0) is 22.4. The van der Waals surface area contributed by atoms with Gasteiger partial charge in [-0.1, -0.05) is 23.7 Å². The Morgan fingerprint density at radius 3 is 2.81 bits per heavy atom. The van der Waals surface area contributed by atoms with Crippen LogP contribution in [-0.2, 0) is 17.9 Å². The molecule has 8 heteroatoms. The second-order valence-corrected chi connectivity index (χ2v) is 10.0. The zero-order valence-corrected chi connectivity index (χ0v) is 19.5. The Hall–Kier alpha value is -2.74. The number of hydrogen-bond acceptors (Lipinski definition) is 6. The first-order chi connectivity index (χ1) is 15.4. The third kappa shape index (κ3) is 3.92. The number of hydrogen-bond donors (Lipinski definition) is 1. The van der Waals surface area contributed by atoms with Crippen molar-refractivity contribution in [3.8, 4) is 0 Å². The van der Waals surface area contributed by atoms with Gasteiger partial charge >= 0.3 is 0 Å². The molecule has 3 heterocycles. The summed E-state index contributed by atoms with van der Waals surface area (Å²) in [4.78, 5) is 27.1. The summed E-state index contributed by atoms with van der Waals surface area (Å²) in [6, 6.07) is 14.2. The van der Waals surface area contributed by atoms with Crippen molar-refractivity contribution in [1.29, 1.82) is 0 Å². The van der Waals surface area contributed by atoms with Gasteiger partial charge in [0.1, 0.15) is 12.1 Å². The number of halogens is 1. The van der Waals surface area contributed by atoms with Crippen molar-refractivity contribution in [3.63, 3.8) is 0 Å². The van der Waals surface area contributed by atoms with E-state index >= 15 is 0 Å². The Morgan fingerprint density at radius 1 is 1.12 bits per heavy atom. The minimum absolute atomic E-state index is 0.148. The summed E-state index contributed by atoms with van der Waals surface area (Å²) in [5.41, 5.74) is 7.77. The molecule has 0 radical (unpaired) electrons. The van der Waals surface area contributed by atoms with Crippen LogP contribution < -0.4 is 5.73 Å². The highest BCUT2D eigenvalue weighted by Gasteiger charge is 2.36. The van der Waals surface area contributed by atoms with Gasteiger partial charge in [-0.25, -0.2) is 9.97 Å². The van der Waals surface area contributed by atoms with Crippen LogP contribution in [0, 0.1) is 0 Å². The molecule has 1 unspecified atom stereocenters. The van der Waals surface area contributed by atoms with Gasteiger partial charge in [0.15, 0.2) is 0 Å². The largest absolute Gasteiger partial charge is 0.383 e. The van der Waals surface area contributed by atoms with E-state index in [4.69, 9.17) is 17.3 Å². The fourth-order valence-electron chi connectivity index (χ4n) is 4.50. The molecule has 2 N–H and O–H groups in total. The number of nitrogens with zero attached hydrogens (tertiary/aromatic N) is 4. The molecule has 0 aliphatic carbocycles. The van der Waals surface area contributed by atoms with Gasteiger partial charge in [0, 0.05) is 45.7 Å². The van der Waals surface area contributed by atoms with Crippen molar-refractivity contribution in [2.45, 2.75) is 39.0 Å². The standard InChI is InChI=1S/C24H24ClN5OS/c1-14-10-29(11-16-3-6-20-21(7-16)27-13-28-23(20)26)24(31)15(2)30(14)12-19-8-17-4-5-18(25)9-22(17)32-19/h3-9,13-15H,10-12H2,1-2H3,(H2,26,27,28)/t14?,15-/m0/s1. The van der Waals surface area contributed by atoms with Gasteiger partial charge in [0.25, 0.3) is 0 Å². The molecular formula is C24H24ClN5OS. The lowest BCUT2D eigenvalue weighted by Gasteiger charge is -2.43. The Balaban J connectivity index is 1.32. The van der Waals surface area contributed by atoms with E-state index in [1.807, 2.05) is 42.2 Å². The quantitative estimate of drug-likeness (QED) is 0.472. The van der Waals surface area contributed by atoms with Crippen LogP contribution in [0.25, 0.3) is 21.0 Å². The fraction of sp³-hybridized carbons (Fsp3) is 0.292. The molecule has 1 aliphatic heterocycles. The number of nitrogen functional groups attached to an aromatic ring is 1. The molecule has 164 valence electrons. The predicted molar refractivity (Wildman–Crippen MR) is 131 cm³/mol. The van der Waals surface area contributed by atoms with E-state index in [0.717, 1.165) is 28.0 Å². The lowest BCUT2D eigenvalue weighted by molar-refractivity contribution is -0.145. The SMILES string of the molecule is CC1CN(Cc2ccc3c(N)ncnc3c2)C(=O)[C@H](C)N1Cc1cc2ccc(Cl)cc2s1. The third-order valence-electron chi connectivity index (χ3n) is 6.19. The van der Waals surface area contributed by atoms with Crippen molar-refractivity contribution in [2.24, 2.45) is 0 Å². The van der Waals surface area contributed by atoms with E-state index in [2.05, 4.69) is 33.9 Å². The number of fused-ring (bicyclic) bond motifs is 2. The smallest absolute Gasteiger partial charge is 0.240 e. The topological polar surface area (TPSA) is 75.3 Å². The first-order valence-electron chi connectivity index (χ1n) is 10.6. The van der Waals surface area contributed by atoms with Crippen LogP contribution in [0.15, 0.2) is 48.8 Å². The predicted octanol–water partition coefficient (Wildman–Crippen LogP) is 4.70. The summed E-state index contributed by atoms with van der Waals surface area (Å²) in [5, 5.41) is 2.78. The van der Waals surface area contributed by atoms with E-state index in [-0.39, 0.29) is 18.0 Å². The molecule has 1 amide bonds. The normalized spacial score (nSPS) is 19.8. The van der Waals surface area contributed by atoms with Crippen molar-refractivity contribution in [3.05, 3.63) is 64.3 Å². The molecule has 2 aromatic heterocycles. The van der Waals surface area contributed by atoms with Crippen LogP contribution in [0.3, 0.4) is 0 Å². The van der Waals surface area contributed by atoms with Gasteiger partial charge in [0.05, 0.1) is 11.6 Å². The van der Waals surface area contributed by atoms with Crippen LogP contribution in [0.4, 0.5) is 5.82 Å². The van der Waals surface area contributed by atoms with Crippen LogP contribution in [-0.4, -0.2) is 44.3 Å². The molecule has 1 saturated heterocycles. The number of amides is 1. The summed E-state index contributed by atoms with van der Waals surface area (Å²) in [6.45, 7) is 6.19. The molecule has 0 saturated carbocycles. The first kappa shape index (κ1) is 21.1. The summed E-state index contributed by atoms with van der Waals surface area (Å²) < 4.78 is 1.18. The minimum Gasteiger partial charge on any atom is -0.383 e. The van der Waals surface area contributed by atoms with Gasteiger partial charge < -0.3 is 10.6 Å². The van der Waals surface area contributed by atoms with E-state index < -0.39 is 0 Å². The van der Waals surface area contributed by atoms with Gasteiger partial charge in [-0.15, -0.1) is 11.3 Å². The van der Waals surface area contributed by atoms with Crippen molar-refractivity contribution in [2.75, 3.05) is 12.3 Å². The van der Waals surface area contributed by atoms with Gasteiger partial charge in [-0.3, -0.25) is 9.69 Å². The highest BCUT2D eigenvalue weighted by molar-refractivity contribution is 7.19. The highest BCUT2D eigenvalue weighted by Crippen LogP contribution is 2.31. The molecule has 4 aromatic rings. The summed E-state index contributed by atoms with van der Waals surface area (Å²) >= 11 is 7.88. The molecular weight excluding hydrogens is 442 g/mol. The molecule has 2 atom stereocenters. The Labute approximate surface area is 195 Å². The van der Waals surface area contributed by atoms with Crippen molar-refractivity contribution >= 4 is 55.7 Å². The average molecular weight is 466 g/mol. The number of aromatic nitrogens is 2. The number of carbonyl (C=O) groups is 1. The average Bonchev–Trinajstić information content (AvgIpc) is 3.16. The molecule has 5 rings (SSSR count). The minimum atomic E-state index is -0.189. The molecule has 1 aliphatic rings. The molecule has 0 spiro atoms. The lowest BCUT2D eigenvalue weighted by Crippen LogP contribution is -2.59. The number of anilines is 1. The maximum absolute atomic E-state index is 13.2. The molecule has 2 aromatic carbocycles. The number of thiophene rings is 1. The Morgan fingerprint density at radius 2 is 1.97 bits per heavy atom. The van der Waals surface area contributed by atoms with E-state index in [9.17, 15) is 4.79 Å². The maximum Gasteiger partial charge on any atom is 0.240 e. The number of benzene rings is 2. The number of piperazine rings is 1. The highest BCUT2D eigenvalue weighted by atomic mass is 35.5. The Bertz CT molecular complexity index is 1320. The van der Waals surface area contributed by atoms with Crippen molar-refractivity contribution in [1.82, 2.24) is 19.8 Å². The van der Waals surface area contributed by atoms with E-state index in [1.54, 1.807) is 11.3 Å². The van der Waals surface area contributed by atoms with Crippen LogP contribution >= 0.6 is 22.9 Å². The molecule has 32 heavy (non-hydrogen) atoms. The number of carbonyl (C=O) groups excluding carboxylic acids is 1. The second-order valence-electron chi connectivity index (χ2n) is 8.42. The molecule has 6 nitrogen and oxygen atoms in total. The van der Waals surface area contributed by atoms with Gasteiger partial charge in [0.2, 0.25) is 5.91 Å². The summed E-state index contributed by atoms with van der Waals surface area (Å²) in [7, 11) is 0. The van der Waals surface area contributed by atoms with E-state index in [1.165, 1.54) is 21.3 Å². The molecule has 0 bridgehead atoms. The van der Waals surface area contributed by atoms with Crippen LogP contribution in [0.2, 0.25) is 5.02 Å². The summed E-state index contributed by atoms with van der Waals surface area (Å²) in [5.74, 6) is 0.617. The van der Waals surface area contributed by atoms with Crippen LogP contribution in [0.5, 0.6) is 0 Å². The van der Waals surface area contributed by atoms with Gasteiger partial charge in [-0.2, -0.15) is 0 Å². The maximum atomic E-state index is 13.2. The lowest BCUT2D eigenvalue weighted by atomic mass is 10.0. The van der Waals surface area contributed by atoms with Gasteiger partial charge in [-0.05, 0) is 55.1 Å². The van der Waals surface area contributed by atoms with Crippen LogP contribution in [0.1, 0.15) is 24.3 Å². The number of nitrogens with two attached hydrogens (primary N) is 1. The number of rotatable bonds is 4. The molecule has 1 fully saturated rings. The second kappa shape index (κ2) is 8.31. The monoisotopic (exact) mass is 465 g/mol. The van der Waals surface area contributed by atoms with Crippen molar-refractivity contribution < 1.29 is 4.79 Å². The fourth-order valence-corrected chi connectivity index (χ4v) is 5.85. The zero-order valence-electron chi connectivity index (χ0n) is 18.0. The first-order valence-corrected chi connectivity index (χ1v) is 11.8. The Kier molecular flexibility index (Phi) is 5.49. The third-order valence-corrected chi connectivity index (χ3v) is 7.51. The van der Waals surface area contributed by atoms with E-state index in [0.29, 0.717) is 18.9 Å².